The summed E-state index contributed by atoms with van der Waals surface area (Å²) in [7, 11) is -1.60. The van der Waals surface area contributed by atoms with E-state index in [-0.39, 0.29) is 35.1 Å². The summed E-state index contributed by atoms with van der Waals surface area (Å²) in [5, 5.41) is -0.308. The van der Waals surface area contributed by atoms with Gasteiger partial charge < -0.3 is 14.2 Å². The number of aryl methyl sites for hydroxylation is 2. The number of carbonyl (C=O) groups is 2. The van der Waals surface area contributed by atoms with Crippen LogP contribution in [0.4, 0.5) is 0 Å². The highest BCUT2D eigenvalue weighted by Gasteiger charge is 2.32. The van der Waals surface area contributed by atoms with Gasteiger partial charge in [-0.1, -0.05) is 45.0 Å². The number of esters is 1. The molecule has 1 fully saturated rings. The van der Waals surface area contributed by atoms with Crippen LogP contribution in [-0.2, 0) is 30.7 Å². The van der Waals surface area contributed by atoms with Crippen LogP contribution >= 0.6 is 0 Å². The number of hydrogen-bond donors (Lipinski definition) is 1. The minimum Gasteiger partial charge on any atom is -0.493 e. The van der Waals surface area contributed by atoms with Crippen molar-refractivity contribution in [1.82, 2.24) is 4.72 Å². The van der Waals surface area contributed by atoms with Crippen LogP contribution in [0.3, 0.4) is 0 Å². The molecular formula is C27H35NO6S. The van der Waals surface area contributed by atoms with Gasteiger partial charge in [0.15, 0.2) is 11.0 Å². The van der Waals surface area contributed by atoms with Crippen LogP contribution in [0.15, 0.2) is 36.4 Å². The largest absolute Gasteiger partial charge is 0.493 e. The molecule has 1 aliphatic rings. The van der Waals surface area contributed by atoms with E-state index in [4.69, 9.17) is 14.2 Å². The van der Waals surface area contributed by atoms with E-state index in [9.17, 15) is 13.8 Å². The van der Waals surface area contributed by atoms with Crippen LogP contribution in [0.25, 0.3) is 0 Å². The lowest BCUT2D eigenvalue weighted by Gasteiger charge is -2.28. The number of ether oxygens (including phenoxy) is 3. The molecule has 3 atom stereocenters. The van der Waals surface area contributed by atoms with Gasteiger partial charge in [0.25, 0.3) is 0 Å². The minimum absolute atomic E-state index is 0.205. The van der Waals surface area contributed by atoms with Crippen LogP contribution in [-0.4, -0.2) is 41.2 Å². The van der Waals surface area contributed by atoms with Gasteiger partial charge in [-0.25, -0.2) is 8.93 Å². The third kappa shape index (κ3) is 6.49. The lowest BCUT2D eigenvalue weighted by Crippen LogP contribution is -2.24. The van der Waals surface area contributed by atoms with Crippen LogP contribution in [0, 0.1) is 19.8 Å². The van der Waals surface area contributed by atoms with Gasteiger partial charge in [-0.3, -0.25) is 9.59 Å². The molecule has 1 N–H and O–H groups in total. The summed E-state index contributed by atoms with van der Waals surface area (Å²) in [5.41, 5.74) is 4.07. The molecule has 190 valence electrons. The van der Waals surface area contributed by atoms with Crippen LogP contribution in [0.1, 0.15) is 56.4 Å². The Morgan fingerprint density at radius 3 is 2.26 bits per heavy atom. The molecule has 2 aromatic rings. The summed E-state index contributed by atoms with van der Waals surface area (Å²) in [6.45, 7) is 12.7. The Labute approximate surface area is 210 Å². The minimum atomic E-state index is -1.60. The topological polar surface area (TPSA) is 90.9 Å². The summed E-state index contributed by atoms with van der Waals surface area (Å²) in [5.74, 6) is 0.795. The van der Waals surface area contributed by atoms with Crippen molar-refractivity contribution in [3.05, 3.63) is 58.7 Å². The summed E-state index contributed by atoms with van der Waals surface area (Å²) in [6, 6.07) is 12.1. The number of carbonyl (C=O) groups excluding carboxylic acids is 2. The van der Waals surface area contributed by atoms with E-state index in [1.807, 2.05) is 45.0 Å². The second kappa shape index (κ2) is 11.4. The molecule has 3 unspecified atom stereocenters. The van der Waals surface area contributed by atoms with Crippen LogP contribution in [0.2, 0.25) is 0 Å². The zero-order valence-electron chi connectivity index (χ0n) is 21.3. The maximum Gasteiger partial charge on any atom is 0.303 e. The summed E-state index contributed by atoms with van der Waals surface area (Å²) in [4.78, 5) is 23.1. The maximum atomic E-state index is 11.8. The normalized spacial score (nSPS) is 18.9. The number of hydrogen-bond acceptors (Lipinski definition) is 6. The Morgan fingerprint density at radius 1 is 1.11 bits per heavy atom. The fourth-order valence-electron chi connectivity index (χ4n) is 4.13. The van der Waals surface area contributed by atoms with E-state index in [0.29, 0.717) is 25.3 Å². The Morgan fingerprint density at radius 2 is 1.74 bits per heavy atom. The van der Waals surface area contributed by atoms with Gasteiger partial charge in [-0.15, -0.1) is 0 Å². The average molecular weight is 502 g/mol. The van der Waals surface area contributed by atoms with Crippen molar-refractivity contribution in [2.24, 2.45) is 5.92 Å². The van der Waals surface area contributed by atoms with E-state index < -0.39 is 11.0 Å². The fraction of sp³-hybridized carbons (Fsp3) is 0.481. The Hall–Kier alpha value is -2.71. The summed E-state index contributed by atoms with van der Waals surface area (Å²) in [6.07, 6.45) is 0.420. The molecule has 1 heterocycles. The van der Waals surface area contributed by atoms with Gasteiger partial charge in [-0.2, -0.15) is 0 Å². The predicted molar refractivity (Wildman–Crippen MR) is 136 cm³/mol. The first-order chi connectivity index (χ1) is 16.5. The summed E-state index contributed by atoms with van der Waals surface area (Å²) >= 11 is 0. The van der Waals surface area contributed by atoms with Gasteiger partial charge in [-0.05, 0) is 54.7 Å². The van der Waals surface area contributed by atoms with Crippen molar-refractivity contribution in [1.29, 1.82) is 0 Å². The van der Waals surface area contributed by atoms with Crippen molar-refractivity contribution in [2.45, 2.75) is 59.5 Å². The molecule has 2 aromatic carbocycles. The first-order valence-electron chi connectivity index (χ1n) is 11.9. The molecule has 8 heteroatoms. The van der Waals surface area contributed by atoms with E-state index >= 15 is 0 Å². The lowest BCUT2D eigenvalue weighted by atomic mass is 9.77. The third-order valence-corrected chi connectivity index (χ3v) is 7.52. The van der Waals surface area contributed by atoms with Crippen molar-refractivity contribution < 1.29 is 28.0 Å². The second-order valence-electron chi connectivity index (χ2n) is 9.48. The molecule has 0 amide bonds. The van der Waals surface area contributed by atoms with E-state index in [2.05, 4.69) is 30.7 Å². The summed E-state index contributed by atoms with van der Waals surface area (Å²) < 4.78 is 31.2. The molecule has 0 bridgehead atoms. The monoisotopic (exact) mass is 501 g/mol. The van der Waals surface area contributed by atoms with Gasteiger partial charge in [0.1, 0.15) is 30.8 Å². The zero-order valence-corrected chi connectivity index (χ0v) is 22.1. The molecule has 35 heavy (non-hydrogen) atoms. The predicted octanol–water partition coefficient (Wildman–Crippen LogP) is 4.14. The molecule has 0 radical (unpaired) electrons. The highest BCUT2D eigenvalue weighted by Crippen LogP contribution is 2.36. The Balaban J connectivity index is 1.70. The van der Waals surface area contributed by atoms with Crippen molar-refractivity contribution in [3.8, 4) is 11.5 Å². The van der Waals surface area contributed by atoms with Crippen molar-refractivity contribution >= 4 is 22.1 Å². The fourth-order valence-corrected chi connectivity index (χ4v) is 5.07. The number of rotatable bonds is 10. The van der Waals surface area contributed by atoms with Gasteiger partial charge in [0.05, 0.1) is 5.92 Å². The zero-order chi connectivity index (χ0) is 25.8. The molecule has 0 aromatic heterocycles. The highest BCUT2D eigenvalue weighted by molar-refractivity contribution is 7.99. The highest BCUT2D eigenvalue weighted by atomic mass is 32.2. The molecule has 1 aliphatic heterocycles. The molecule has 3 rings (SSSR count). The van der Waals surface area contributed by atoms with Crippen molar-refractivity contribution in [3.63, 3.8) is 0 Å². The molecule has 7 nitrogen and oxygen atoms in total. The van der Waals surface area contributed by atoms with E-state index in [0.717, 1.165) is 28.0 Å². The molecule has 1 saturated heterocycles. The molecular weight excluding hydrogens is 466 g/mol. The Kier molecular flexibility index (Phi) is 8.72. The number of benzene rings is 2. The second-order valence-corrected chi connectivity index (χ2v) is 10.7. The first-order valence-corrected chi connectivity index (χ1v) is 13.0. The van der Waals surface area contributed by atoms with Gasteiger partial charge in [0, 0.05) is 18.9 Å². The lowest BCUT2D eigenvalue weighted by molar-refractivity contribution is -0.147. The maximum absolute atomic E-state index is 11.8. The van der Waals surface area contributed by atoms with E-state index in [1.54, 1.807) is 0 Å². The van der Waals surface area contributed by atoms with Crippen LogP contribution < -0.4 is 14.2 Å². The SMILES string of the molecule is CCC(COc1c(C)cc(C(C)(C)c2ccc(OCC3CNS(=O)C3=O)cc2)cc1C)OC(C)=O. The smallest absolute Gasteiger partial charge is 0.303 e. The molecule has 0 spiro atoms. The van der Waals surface area contributed by atoms with E-state index in [1.165, 1.54) is 6.92 Å². The van der Waals surface area contributed by atoms with Gasteiger partial charge in [0.2, 0.25) is 5.12 Å². The first kappa shape index (κ1) is 26.9. The average Bonchev–Trinajstić information content (AvgIpc) is 3.13. The standard InChI is InChI=1S/C27H35NO6S/c1-7-23(34-19(4)29)16-33-25-17(2)12-22(13-18(25)3)27(5,6)21-8-10-24(11-9-21)32-15-20-14-28-35(31)26(20)30/h8-13,20,23,28H,7,14-16H2,1-6H3. The molecule has 0 saturated carbocycles. The van der Waals surface area contributed by atoms with Gasteiger partial charge >= 0.3 is 5.97 Å². The Bertz CT molecular complexity index is 1070. The van der Waals surface area contributed by atoms with Crippen LogP contribution in [0.5, 0.6) is 11.5 Å². The quantitative estimate of drug-likeness (QED) is 0.492. The third-order valence-electron chi connectivity index (χ3n) is 6.39. The van der Waals surface area contributed by atoms with Crippen molar-refractivity contribution in [2.75, 3.05) is 19.8 Å². The number of nitrogens with one attached hydrogen (secondary N) is 1. The molecule has 0 aliphatic carbocycles.